The first kappa shape index (κ1) is 20.2. The fraction of sp³-hybridized carbons (Fsp3) is 0.714. The molecule has 0 saturated carbocycles. The minimum atomic E-state index is 0.159. The Balaban J connectivity index is 2.73. The van der Waals surface area contributed by atoms with Gasteiger partial charge in [-0.05, 0) is 44.8 Å². The molecule has 0 spiro atoms. The van der Waals surface area contributed by atoms with E-state index in [1.165, 1.54) is 44.2 Å². The third-order valence-electron chi connectivity index (χ3n) is 4.74. The van der Waals surface area contributed by atoms with Gasteiger partial charge in [0.15, 0.2) is 0 Å². The summed E-state index contributed by atoms with van der Waals surface area (Å²) in [7, 11) is 2.23. The summed E-state index contributed by atoms with van der Waals surface area (Å²) in [6.07, 6.45) is 6.68. The second-order valence-electron chi connectivity index (χ2n) is 6.80. The Labute approximate surface area is 144 Å². The predicted molar refractivity (Wildman–Crippen MR) is 101 cm³/mol. The van der Waals surface area contributed by atoms with Crippen molar-refractivity contribution in [3.05, 3.63) is 35.9 Å². The van der Waals surface area contributed by atoms with Crippen molar-refractivity contribution in [1.29, 1.82) is 0 Å². The molecule has 3 atom stereocenters. The highest BCUT2D eigenvalue weighted by molar-refractivity contribution is 5.16. The van der Waals surface area contributed by atoms with Crippen LogP contribution in [-0.4, -0.2) is 31.1 Å². The van der Waals surface area contributed by atoms with Crippen LogP contribution in [0.2, 0.25) is 0 Å². The van der Waals surface area contributed by atoms with Crippen LogP contribution in [0.4, 0.5) is 0 Å². The first-order valence-corrected chi connectivity index (χ1v) is 9.51. The molecule has 132 valence electrons. The molecule has 0 amide bonds. The van der Waals surface area contributed by atoms with Crippen LogP contribution in [0.15, 0.2) is 30.3 Å². The topological polar surface area (TPSA) is 12.5 Å². The quantitative estimate of drug-likeness (QED) is 0.490. The second-order valence-corrected chi connectivity index (χ2v) is 6.80. The average Bonchev–Trinajstić information content (AvgIpc) is 2.58. The van der Waals surface area contributed by atoms with Crippen molar-refractivity contribution >= 4 is 0 Å². The molecule has 23 heavy (non-hydrogen) atoms. The van der Waals surface area contributed by atoms with Gasteiger partial charge in [0.05, 0.1) is 12.2 Å². The van der Waals surface area contributed by atoms with Gasteiger partial charge in [-0.1, -0.05) is 70.4 Å². The van der Waals surface area contributed by atoms with Gasteiger partial charge >= 0.3 is 0 Å². The van der Waals surface area contributed by atoms with Gasteiger partial charge < -0.3 is 9.64 Å². The number of hydrogen-bond acceptors (Lipinski definition) is 2. The SMILES string of the molecule is CCCCN(C)CC(OC(C)c1ccccc1)C(CC)CCC. The Bertz CT molecular complexity index is 392. The molecule has 0 aliphatic heterocycles. The van der Waals surface area contributed by atoms with Crippen molar-refractivity contribution in [3.8, 4) is 0 Å². The van der Waals surface area contributed by atoms with Crippen LogP contribution >= 0.6 is 0 Å². The summed E-state index contributed by atoms with van der Waals surface area (Å²) in [6, 6.07) is 10.6. The van der Waals surface area contributed by atoms with Crippen LogP contribution in [0, 0.1) is 5.92 Å². The second kappa shape index (κ2) is 11.6. The lowest BCUT2D eigenvalue weighted by Crippen LogP contribution is -2.37. The Morgan fingerprint density at radius 2 is 1.74 bits per heavy atom. The van der Waals surface area contributed by atoms with E-state index in [0.717, 1.165) is 6.54 Å². The number of hydrogen-bond donors (Lipinski definition) is 0. The van der Waals surface area contributed by atoms with Crippen LogP contribution in [0.1, 0.15) is 71.5 Å². The van der Waals surface area contributed by atoms with E-state index < -0.39 is 0 Å². The van der Waals surface area contributed by atoms with Crippen molar-refractivity contribution in [2.75, 3.05) is 20.1 Å². The minimum absolute atomic E-state index is 0.159. The van der Waals surface area contributed by atoms with Crippen LogP contribution in [0.25, 0.3) is 0 Å². The first-order valence-electron chi connectivity index (χ1n) is 9.51. The molecule has 0 aromatic heterocycles. The molecule has 0 N–H and O–H groups in total. The van der Waals surface area contributed by atoms with E-state index in [1.54, 1.807) is 0 Å². The molecule has 0 aliphatic rings. The number of benzene rings is 1. The molecule has 0 aliphatic carbocycles. The average molecular weight is 320 g/mol. The van der Waals surface area contributed by atoms with Crippen molar-refractivity contribution in [1.82, 2.24) is 4.90 Å². The summed E-state index contributed by atoms with van der Waals surface area (Å²) < 4.78 is 6.55. The van der Waals surface area contributed by atoms with Gasteiger partial charge in [0, 0.05) is 6.54 Å². The molecular weight excluding hydrogens is 282 g/mol. The zero-order valence-corrected chi connectivity index (χ0v) is 15.9. The number of nitrogens with zero attached hydrogens (tertiary/aromatic N) is 1. The van der Waals surface area contributed by atoms with Gasteiger partial charge in [0.25, 0.3) is 0 Å². The van der Waals surface area contributed by atoms with E-state index in [-0.39, 0.29) is 6.10 Å². The summed E-state index contributed by atoms with van der Waals surface area (Å²) in [4.78, 5) is 2.45. The highest BCUT2D eigenvalue weighted by atomic mass is 16.5. The molecule has 0 radical (unpaired) electrons. The van der Waals surface area contributed by atoms with Crippen LogP contribution in [-0.2, 0) is 4.74 Å². The molecule has 2 nitrogen and oxygen atoms in total. The minimum Gasteiger partial charge on any atom is -0.369 e. The lowest BCUT2D eigenvalue weighted by atomic mass is 9.93. The molecular formula is C21H37NO. The zero-order valence-electron chi connectivity index (χ0n) is 15.9. The molecule has 0 heterocycles. The Morgan fingerprint density at radius 3 is 2.30 bits per heavy atom. The standard InChI is InChI=1S/C21H37NO/c1-6-9-16-22(5)17-21(19(8-3)13-7-2)23-18(4)20-14-11-10-12-15-20/h10-12,14-15,18-19,21H,6-9,13,16-17H2,1-5H3. The maximum absolute atomic E-state index is 6.55. The molecule has 0 fully saturated rings. The first-order chi connectivity index (χ1) is 11.1. The van der Waals surface area contributed by atoms with Gasteiger partial charge in [-0.3, -0.25) is 0 Å². The summed E-state index contributed by atoms with van der Waals surface area (Å²) in [5.41, 5.74) is 1.28. The van der Waals surface area contributed by atoms with Crippen molar-refractivity contribution in [2.45, 2.75) is 72.0 Å². The Kier molecular flexibility index (Phi) is 10.2. The third-order valence-corrected chi connectivity index (χ3v) is 4.74. The Morgan fingerprint density at radius 1 is 1.04 bits per heavy atom. The number of ether oxygens (including phenoxy) is 1. The number of unbranched alkanes of at least 4 members (excludes halogenated alkanes) is 1. The normalized spacial score (nSPS) is 15.6. The molecule has 0 saturated heterocycles. The van der Waals surface area contributed by atoms with Crippen molar-refractivity contribution in [2.24, 2.45) is 5.92 Å². The van der Waals surface area contributed by atoms with Gasteiger partial charge in [0.1, 0.15) is 0 Å². The fourth-order valence-electron chi connectivity index (χ4n) is 3.22. The third kappa shape index (κ3) is 7.50. The summed E-state index contributed by atoms with van der Waals surface area (Å²) in [5.74, 6) is 0.648. The maximum atomic E-state index is 6.55. The predicted octanol–water partition coefficient (Wildman–Crippen LogP) is 5.69. The van der Waals surface area contributed by atoms with E-state index in [9.17, 15) is 0 Å². The van der Waals surface area contributed by atoms with Crippen molar-refractivity contribution < 1.29 is 4.74 Å². The molecule has 3 unspecified atom stereocenters. The van der Waals surface area contributed by atoms with Gasteiger partial charge in [-0.2, -0.15) is 0 Å². The van der Waals surface area contributed by atoms with Gasteiger partial charge in [-0.15, -0.1) is 0 Å². The van der Waals surface area contributed by atoms with E-state index in [0.29, 0.717) is 12.0 Å². The summed E-state index contributed by atoms with van der Waals surface area (Å²) in [5, 5.41) is 0. The smallest absolute Gasteiger partial charge is 0.0801 e. The van der Waals surface area contributed by atoms with Crippen LogP contribution in [0.3, 0.4) is 0 Å². The largest absolute Gasteiger partial charge is 0.369 e. The lowest BCUT2D eigenvalue weighted by molar-refractivity contribution is -0.0527. The summed E-state index contributed by atoms with van der Waals surface area (Å²) >= 11 is 0. The highest BCUT2D eigenvalue weighted by Crippen LogP contribution is 2.26. The molecule has 0 bridgehead atoms. The van der Waals surface area contributed by atoms with E-state index in [1.807, 2.05) is 0 Å². The van der Waals surface area contributed by atoms with Gasteiger partial charge in [0.2, 0.25) is 0 Å². The number of likely N-dealkylation sites (N-methyl/N-ethyl adjacent to an activating group) is 1. The van der Waals surface area contributed by atoms with Crippen LogP contribution < -0.4 is 0 Å². The van der Waals surface area contributed by atoms with Gasteiger partial charge in [-0.25, -0.2) is 0 Å². The highest BCUT2D eigenvalue weighted by Gasteiger charge is 2.24. The van der Waals surface area contributed by atoms with E-state index in [4.69, 9.17) is 4.74 Å². The zero-order chi connectivity index (χ0) is 17.1. The van der Waals surface area contributed by atoms with E-state index in [2.05, 4.69) is 70.0 Å². The summed E-state index contributed by atoms with van der Waals surface area (Å²) in [6.45, 7) is 11.2. The maximum Gasteiger partial charge on any atom is 0.0801 e. The fourth-order valence-corrected chi connectivity index (χ4v) is 3.22. The Hall–Kier alpha value is -0.860. The molecule has 1 aromatic carbocycles. The molecule has 2 heteroatoms. The van der Waals surface area contributed by atoms with Crippen molar-refractivity contribution in [3.63, 3.8) is 0 Å². The monoisotopic (exact) mass is 319 g/mol. The number of rotatable bonds is 12. The molecule has 1 aromatic rings. The molecule has 1 rings (SSSR count). The lowest BCUT2D eigenvalue weighted by Gasteiger charge is -2.32. The van der Waals surface area contributed by atoms with E-state index >= 15 is 0 Å². The van der Waals surface area contributed by atoms with Crippen LogP contribution in [0.5, 0.6) is 0 Å².